The Bertz CT molecular complexity index is 857. The molecule has 7 heteroatoms. The highest BCUT2D eigenvalue weighted by Crippen LogP contribution is 2.20. The minimum Gasteiger partial charge on any atom is -0.497 e. The molecule has 0 saturated heterocycles. The van der Waals surface area contributed by atoms with Gasteiger partial charge in [-0.15, -0.1) is 0 Å². The average molecular weight is 431 g/mol. The highest BCUT2D eigenvalue weighted by atomic mass is 19.1. The van der Waals surface area contributed by atoms with Crippen LogP contribution in [0.1, 0.15) is 31.4 Å². The largest absolute Gasteiger partial charge is 0.497 e. The summed E-state index contributed by atoms with van der Waals surface area (Å²) < 4.78 is 24.1. The van der Waals surface area contributed by atoms with Gasteiger partial charge < -0.3 is 19.4 Å². The molecule has 0 amide bonds. The van der Waals surface area contributed by atoms with E-state index in [9.17, 15) is 9.50 Å². The minimum absolute atomic E-state index is 0.0614. The normalized spacial score (nSPS) is 17.0. The number of methoxy groups -OCH3 is 1. The second-order valence-electron chi connectivity index (χ2n) is 8.06. The molecule has 168 valence electrons. The van der Waals surface area contributed by atoms with E-state index in [1.807, 2.05) is 38.1 Å². The molecule has 0 aromatic heterocycles. The first-order valence-corrected chi connectivity index (χ1v) is 10.6. The fourth-order valence-electron chi connectivity index (χ4n) is 3.51. The van der Waals surface area contributed by atoms with Crippen LogP contribution in [0.5, 0.6) is 5.75 Å². The molecule has 2 aromatic rings. The highest BCUT2D eigenvalue weighted by Gasteiger charge is 2.26. The average Bonchev–Trinajstić information content (AvgIpc) is 3.21. The fraction of sp³-hybridized carbons (Fsp3) is 0.458. The molecule has 0 bridgehead atoms. The van der Waals surface area contributed by atoms with Gasteiger partial charge in [-0.1, -0.05) is 29.4 Å². The van der Waals surface area contributed by atoms with Gasteiger partial charge in [-0.2, -0.15) is 0 Å². The topological polar surface area (TPSA) is 63.5 Å². The van der Waals surface area contributed by atoms with Crippen molar-refractivity contribution in [1.82, 2.24) is 4.90 Å². The molecule has 0 radical (unpaired) electrons. The van der Waals surface area contributed by atoms with Crippen molar-refractivity contribution in [2.75, 3.05) is 26.8 Å². The van der Waals surface area contributed by atoms with E-state index in [1.54, 1.807) is 19.2 Å². The van der Waals surface area contributed by atoms with E-state index < -0.39 is 6.10 Å². The summed E-state index contributed by atoms with van der Waals surface area (Å²) >= 11 is 0. The summed E-state index contributed by atoms with van der Waals surface area (Å²) in [5.41, 5.74) is 2.73. The molecule has 0 spiro atoms. The van der Waals surface area contributed by atoms with E-state index in [4.69, 9.17) is 14.3 Å². The monoisotopic (exact) mass is 430 g/mol. The van der Waals surface area contributed by atoms with Crippen LogP contribution in [0.2, 0.25) is 0 Å². The van der Waals surface area contributed by atoms with E-state index in [1.165, 1.54) is 12.1 Å². The summed E-state index contributed by atoms with van der Waals surface area (Å²) in [4.78, 5) is 7.79. The number of oxime groups is 1. The van der Waals surface area contributed by atoms with Crippen molar-refractivity contribution in [3.8, 4) is 5.75 Å². The Morgan fingerprint density at radius 1 is 1.23 bits per heavy atom. The predicted octanol–water partition coefficient (Wildman–Crippen LogP) is 3.62. The Labute approximate surface area is 183 Å². The summed E-state index contributed by atoms with van der Waals surface area (Å²) in [6.45, 7) is 5.82. The van der Waals surface area contributed by atoms with Gasteiger partial charge in [0.25, 0.3) is 0 Å². The van der Waals surface area contributed by atoms with Crippen LogP contribution in [-0.4, -0.2) is 60.8 Å². The highest BCUT2D eigenvalue weighted by molar-refractivity contribution is 6.01. The van der Waals surface area contributed by atoms with Gasteiger partial charge in [0.05, 0.1) is 31.6 Å². The van der Waals surface area contributed by atoms with Crippen molar-refractivity contribution in [3.05, 3.63) is 65.5 Å². The van der Waals surface area contributed by atoms with Gasteiger partial charge in [0.15, 0.2) is 0 Å². The molecule has 6 nitrogen and oxygen atoms in total. The van der Waals surface area contributed by atoms with E-state index in [0.29, 0.717) is 26.1 Å². The SMILES string of the molecule is COc1cccc(CN(C[C@H](O)COC(C)C)C[C@@H]2CC(c3ccc(F)cc3)=NO2)c1. The molecule has 1 N–H and O–H groups in total. The molecule has 3 rings (SSSR count). The van der Waals surface area contributed by atoms with E-state index in [-0.39, 0.29) is 24.6 Å². The molecule has 0 fully saturated rings. The number of aliphatic hydroxyl groups excluding tert-OH is 1. The zero-order valence-corrected chi connectivity index (χ0v) is 18.3. The van der Waals surface area contributed by atoms with E-state index >= 15 is 0 Å². The summed E-state index contributed by atoms with van der Waals surface area (Å²) in [7, 11) is 1.64. The number of hydrogen-bond donors (Lipinski definition) is 1. The number of aliphatic hydroxyl groups is 1. The van der Waals surface area contributed by atoms with Gasteiger partial charge in [0.1, 0.15) is 17.7 Å². The third kappa shape index (κ3) is 7.31. The van der Waals surface area contributed by atoms with Crippen molar-refractivity contribution < 1.29 is 23.8 Å². The first-order chi connectivity index (χ1) is 14.9. The first kappa shape index (κ1) is 23.2. The van der Waals surface area contributed by atoms with Crippen molar-refractivity contribution in [2.24, 2.45) is 5.16 Å². The maximum atomic E-state index is 13.2. The Hall–Kier alpha value is -2.48. The lowest BCUT2D eigenvalue weighted by Gasteiger charge is -2.27. The molecular formula is C24H31FN2O4. The number of rotatable bonds is 11. The Morgan fingerprint density at radius 2 is 2.00 bits per heavy atom. The van der Waals surface area contributed by atoms with Gasteiger partial charge in [0, 0.05) is 26.1 Å². The lowest BCUT2D eigenvalue weighted by Crippen LogP contribution is -2.39. The standard InChI is InChI=1S/C24H31FN2O4/c1-17(2)30-16-21(28)14-27(13-18-5-4-6-22(11-18)29-3)15-23-12-24(26-31-23)19-7-9-20(25)10-8-19/h4-11,17,21,23,28H,12-16H2,1-3H3/t21-,23-/m0/s1. The van der Waals surface area contributed by atoms with Crippen molar-refractivity contribution in [1.29, 1.82) is 0 Å². The van der Waals surface area contributed by atoms with Gasteiger partial charge >= 0.3 is 0 Å². The second-order valence-corrected chi connectivity index (χ2v) is 8.06. The van der Waals surface area contributed by atoms with Crippen molar-refractivity contribution in [3.63, 3.8) is 0 Å². The number of nitrogens with zero attached hydrogens (tertiary/aromatic N) is 2. The van der Waals surface area contributed by atoms with E-state index in [2.05, 4.69) is 10.1 Å². The molecule has 2 atom stereocenters. The third-order valence-corrected chi connectivity index (χ3v) is 5.00. The maximum absolute atomic E-state index is 13.2. The molecule has 0 aliphatic carbocycles. The first-order valence-electron chi connectivity index (χ1n) is 10.6. The van der Waals surface area contributed by atoms with Gasteiger partial charge in [-0.3, -0.25) is 4.90 Å². The Kier molecular flexibility index (Phi) is 8.40. The second kappa shape index (κ2) is 11.2. The van der Waals surface area contributed by atoms with Crippen LogP contribution in [0.15, 0.2) is 53.7 Å². The zero-order chi connectivity index (χ0) is 22.2. The van der Waals surface area contributed by atoms with Crippen LogP contribution in [0.25, 0.3) is 0 Å². The maximum Gasteiger partial charge on any atom is 0.145 e. The van der Waals surface area contributed by atoms with E-state index in [0.717, 1.165) is 22.6 Å². The lowest BCUT2D eigenvalue weighted by atomic mass is 10.0. The van der Waals surface area contributed by atoms with Crippen LogP contribution in [0.3, 0.4) is 0 Å². The van der Waals surface area contributed by atoms with Crippen molar-refractivity contribution in [2.45, 2.75) is 45.1 Å². The van der Waals surface area contributed by atoms with Gasteiger partial charge in [-0.25, -0.2) is 4.39 Å². The molecule has 1 aliphatic heterocycles. The van der Waals surface area contributed by atoms with Gasteiger partial charge in [-0.05, 0) is 49.2 Å². The minimum atomic E-state index is -0.619. The summed E-state index contributed by atoms with van der Waals surface area (Å²) in [5, 5.41) is 14.7. The summed E-state index contributed by atoms with van der Waals surface area (Å²) in [6, 6.07) is 14.1. The van der Waals surface area contributed by atoms with Crippen molar-refractivity contribution >= 4 is 5.71 Å². The molecule has 1 heterocycles. The number of halogens is 1. The number of ether oxygens (including phenoxy) is 2. The smallest absolute Gasteiger partial charge is 0.145 e. The summed E-state index contributed by atoms with van der Waals surface area (Å²) in [6.07, 6.45) is -0.0826. The van der Waals surface area contributed by atoms with Crippen LogP contribution in [0.4, 0.5) is 4.39 Å². The van der Waals surface area contributed by atoms with Crippen LogP contribution in [0, 0.1) is 5.82 Å². The van der Waals surface area contributed by atoms with Crippen LogP contribution in [-0.2, 0) is 16.1 Å². The lowest BCUT2D eigenvalue weighted by molar-refractivity contribution is -0.0194. The number of hydrogen-bond acceptors (Lipinski definition) is 6. The predicted molar refractivity (Wildman–Crippen MR) is 118 cm³/mol. The molecule has 1 aliphatic rings. The summed E-state index contributed by atoms with van der Waals surface area (Å²) in [5.74, 6) is 0.516. The third-order valence-electron chi connectivity index (χ3n) is 5.00. The quantitative estimate of drug-likeness (QED) is 0.590. The van der Waals surface area contributed by atoms with Gasteiger partial charge in [0.2, 0.25) is 0 Å². The Balaban J connectivity index is 1.63. The van der Waals surface area contributed by atoms with Crippen LogP contribution < -0.4 is 4.74 Å². The van der Waals surface area contributed by atoms with Crippen LogP contribution >= 0.6 is 0 Å². The molecule has 31 heavy (non-hydrogen) atoms. The molecule has 2 aromatic carbocycles. The molecule has 0 saturated carbocycles. The molecule has 0 unspecified atom stereocenters. The fourth-order valence-corrected chi connectivity index (χ4v) is 3.51. The number of benzene rings is 2. The molecular weight excluding hydrogens is 399 g/mol. The Morgan fingerprint density at radius 3 is 2.71 bits per heavy atom. The zero-order valence-electron chi connectivity index (χ0n) is 18.3.